The summed E-state index contributed by atoms with van der Waals surface area (Å²) >= 11 is 5.95. The van der Waals surface area contributed by atoms with E-state index in [1.165, 1.54) is 23.4 Å². The lowest BCUT2D eigenvalue weighted by atomic mass is 9.92. The minimum absolute atomic E-state index is 0.0143. The molecule has 0 saturated heterocycles. The summed E-state index contributed by atoms with van der Waals surface area (Å²) < 4.78 is 29.4. The van der Waals surface area contributed by atoms with Crippen LogP contribution in [0.3, 0.4) is 0 Å². The summed E-state index contributed by atoms with van der Waals surface area (Å²) in [6.45, 7) is 4.70. The molecule has 0 spiro atoms. The van der Waals surface area contributed by atoms with Crippen molar-refractivity contribution in [1.29, 1.82) is 0 Å². The molecule has 8 heteroatoms. The first-order valence-corrected chi connectivity index (χ1v) is 9.35. The Kier molecular flexibility index (Phi) is 6.74. The van der Waals surface area contributed by atoms with Crippen LogP contribution in [-0.2, 0) is 18.7 Å². The standard InChI is InChI=1S/C21H21ClF2N4O/c1-2-9-27(11-16-3-5-17(22)6-4-16)12-21(29,13-28-15-25-14-26-28)19-8-7-18(23)10-20(19)24/h2-8,10,14-15,29H,1,9,11-13H2. The van der Waals surface area contributed by atoms with E-state index in [1.54, 1.807) is 18.2 Å². The predicted molar refractivity (Wildman–Crippen MR) is 107 cm³/mol. The van der Waals surface area contributed by atoms with Gasteiger partial charge in [0.15, 0.2) is 0 Å². The van der Waals surface area contributed by atoms with Crippen LogP contribution in [0.4, 0.5) is 8.78 Å². The normalized spacial score (nSPS) is 13.4. The maximum Gasteiger partial charge on any atom is 0.137 e. The molecule has 3 rings (SSSR count). The highest BCUT2D eigenvalue weighted by Crippen LogP contribution is 2.28. The van der Waals surface area contributed by atoms with Crippen molar-refractivity contribution in [3.63, 3.8) is 0 Å². The van der Waals surface area contributed by atoms with Crippen LogP contribution in [0, 0.1) is 11.6 Å². The summed E-state index contributed by atoms with van der Waals surface area (Å²) in [6, 6.07) is 10.5. The molecular formula is C21H21ClF2N4O. The van der Waals surface area contributed by atoms with E-state index in [9.17, 15) is 13.9 Å². The lowest BCUT2D eigenvalue weighted by Gasteiger charge is -2.34. The molecule has 0 bridgehead atoms. The van der Waals surface area contributed by atoms with Crippen LogP contribution in [-0.4, -0.2) is 37.9 Å². The van der Waals surface area contributed by atoms with Crippen molar-refractivity contribution >= 4 is 11.6 Å². The summed E-state index contributed by atoms with van der Waals surface area (Å²) in [7, 11) is 0. The van der Waals surface area contributed by atoms with Gasteiger partial charge in [0.05, 0.1) is 6.54 Å². The van der Waals surface area contributed by atoms with Crippen LogP contribution in [0.5, 0.6) is 0 Å². The van der Waals surface area contributed by atoms with Gasteiger partial charge in [0.2, 0.25) is 0 Å². The van der Waals surface area contributed by atoms with Gasteiger partial charge in [-0.15, -0.1) is 6.58 Å². The molecule has 1 unspecified atom stereocenters. The summed E-state index contributed by atoms with van der Waals surface area (Å²) in [5.41, 5.74) is -0.723. The number of aromatic nitrogens is 3. The summed E-state index contributed by atoms with van der Waals surface area (Å²) in [5.74, 6) is -1.53. The average molecular weight is 419 g/mol. The van der Waals surface area contributed by atoms with Gasteiger partial charge in [0.1, 0.15) is 29.9 Å². The molecule has 5 nitrogen and oxygen atoms in total. The quantitative estimate of drug-likeness (QED) is 0.537. The highest BCUT2D eigenvalue weighted by molar-refractivity contribution is 6.30. The Morgan fingerprint density at radius 2 is 1.97 bits per heavy atom. The number of nitrogens with zero attached hydrogens (tertiary/aromatic N) is 4. The van der Waals surface area contributed by atoms with E-state index in [2.05, 4.69) is 16.7 Å². The van der Waals surface area contributed by atoms with E-state index in [1.807, 2.05) is 17.0 Å². The van der Waals surface area contributed by atoms with E-state index in [0.717, 1.165) is 17.7 Å². The summed E-state index contributed by atoms with van der Waals surface area (Å²) in [5, 5.41) is 16.1. The average Bonchev–Trinajstić information content (AvgIpc) is 3.16. The Morgan fingerprint density at radius 1 is 1.21 bits per heavy atom. The Hall–Kier alpha value is -2.61. The molecule has 0 aliphatic heterocycles. The van der Waals surface area contributed by atoms with Gasteiger partial charge in [-0.1, -0.05) is 35.9 Å². The van der Waals surface area contributed by atoms with Crippen molar-refractivity contribution in [2.45, 2.75) is 18.7 Å². The van der Waals surface area contributed by atoms with E-state index in [0.29, 0.717) is 18.1 Å². The fourth-order valence-corrected chi connectivity index (χ4v) is 3.38. The van der Waals surface area contributed by atoms with Crippen molar-refractivity contribution in [2.24, 2.45) is 0 Å². The van der Waals surface area contributed by atoms with Crippen LogP contribution in [0.15, 0.2) is 67.8 Å². The maximum absolute atomic E-state index is 14.6. The van der Waals surface area contributed by atoms with E-state index in [-0.39, 0.29) is 18.7 Å². The minimum atomic E-state index is -1.68. The summed E-state index contributed by atoms with van der Waals surface area (Å²) in [4.78, 5) is 5.79. The molecule has 152 valence electrons. The first-order valence-electron chi connectivity index (χ1n) is 8.97. The second kappa shape index (κ2) is 9.26. The second-order valence-electron chi connectivity index (χ2n) is 6.83. The van der Waals surface area contributed by atoms with Crippen molar-refractivity contribution in [3.8, 4) is 0 Å². The first-order chi connectivity index (χ1) is 13.9. The molecule has 0 saturated carbocycles. The van der Waals surface area contributed by atoms with E-state index >= 15 is 0 Å². The first kappa shape index (κ1) is 21.1. The molecule has 1 N–H and O–H groups in total. The smallest absolute Gasteiger partial charge is 0.137 e. The monoisotopic (exact) mass is 418 g/mol. The highest BCUT2D eigenvalue weighted by atomic mass is 35.5. The Morgan fingerprint density at radius 3 is 2.59 bits per heavy atom. The van der Waals surface area contributed by atoms with Gasteiger partial charge in [-0.2, -0.15) is 5.10 Å². The Bertz CT molecular complexity index is 950. The highest BCUT2D eigenvalue weighted by Gasteiger charge is 2.35. The van der Waals surface area contributed by atoms with Crippen molar-refractivity contribution < 1.29 is 13.9 Å². The van der Waals surface area contributed by atoms with Crippen LogP contribution >= 0.6 is 11.6 Å². The van der Waals surface area contributed by atoms with Crippen molar-refractivity contribution in [1.82, 2.24) is 19.7 Å². The zero-order chi connectivity index (χ0) is 20.9. The predicted octanol–water partition coefficient (Wildman–Crippen LogP) is 3.79. The van der Waals surface area contributed by atoms with E-state index < -0.39 is 17.2 Å². The van der Waals surface area contributed by atoms with Crippen LogP contribution in [0.2, 0.25) is 5.02 Å². The largest absolute Gasteiger partial charge is 0.382 e. The topological polar surface area (TPSA) is 54.2 Å². The van der Waals surface area contributed by atoms with Gasteiger partial charge in [-0.25, -0.2) is 18.4 Å². The minimum Gasteiger partial charge on any atom is -0.382 e. The third kappa shape index (κ3) is 5.47. The van der Waals surface area contributed by atoms with Gasteiger partial charge >= 0.3 is 0 Å². The molecule has 3 aromatic rings. The zero-order valence-corrected chi connectivity index (χ0v) is 16.4. The molecule has 0 radical (unpaired) electrons. The maximum atomic E-state index is 14.6. The van der Waals surface area contributed by atoms with Crippen LogP contribution < -0.4 is 0 Å². The molecular weight excluding hydrogens is 398 g/mol. The molecule has 2 aromatic carbocycles. The number of aliphatic hydroxyl groups is 1. The van der Waals surface area contributed by atoms with Gasteiger partial charge in [-0.05, 0) is 23.8 Å². The van der Waals surface area contributed by atoms with Gasteiger partial charge in [0, 0.05) is 36.3 Å². The second-order valence-corrected chi connectivity index (χ2v) is 7.27. The van der Waals surface area contributed by atoms with Gasteiger partial charge < -0.3 is 5.11 Å². The Balaban J connectivity index is 1.92. The molecule has 0 amide bonds. The van der Waals surface area contributed by atoms with Gasteiger partial charge in [0.25, 0.3) is 0 Å². The molecule has 1 atom stereocenters. The van der Waals surface area contributed by atoms with Gasteiger partial charge in [-0.3, -0.25) is 4.90 Å². The molecule has 1 heterocycles. The lowest BCUT2D eigenvalue weighted by Crippen LogP contribution is -2.44. The number of rotatable bonds is 9. The third-order valence-corrected chi connectivity index (χ3v) is 4.77. The van der Waals surface area contributed by atoms with Crippen LogP contribution in [0.1, 0.15) is 11.1 Å². The van der Waals surface area contributed by atoms with Crippen LogP contribution in [0.25, 0.3) is 0 Å². The molecule has 0 fully saturated rings. The summed E-state index contributed by atoms with van der Waals surface area (Å²) in [6.07, 6.45) is 4.47. The number of hydrogen-bond donors (Lipinski definition) is 1. The van der Waals surface area contributed by atoms with Crippen molar-refractivity contribution in [3.05, 3.63) is 95.6 Å². The third-order valence-electron chi connectivity index (χ3n) is 4.51. The lowest BCUT2D eigenvalue weighted by molar-refractivity contribution is -0.0210. The molecule has 0 aliphatic carbocycles. The fourth-order valence-electron chi connectivity index (χ4n) is 3.26. The fraction of sp³-hybridized carbons (Fsp3) is 0.238. The SMILES string of the molecule is C=CCN(Cc1ccc(Cl)cc1)CC(O)(Cn1cncn1)c1ccc(F)cc1F. The van der Waals surface area contributed by atoms with E-state index in [4.69, 9.17) is 11.6 Å². The molecule has 0 aliphatic rings. The Labute approximate surface area is 172 Å². The van der Waals surface area contributed by atoms with Crippen molar-refractivity contribution in [2.75, 3.05) is 13.1 Å². The number of benzene rings is 2. The molecule has 29 heavy (non-hydrogen) atoms. The number of halogens is 3. The zero-order valence-electron chi connectivity index (χ0n) is 15.7. The number of hydrogen-bond acceptors (Lipinski definition) is 4. The molecule has 1 aromatic heterocycles.